The molecule has 0 spiro atoms. The lowest BCUT2D eigenvalue weighted by Gasteiger charge is -2.05. The summed E-state index contributed by atoms with van der Waals surface area (Å²) in [4.78, 5) is 22.8. The highest BCUT2D eigenvalue weighted by atomic mass is 32.1. The molecule has 0 amide bonds. The molecule has 20 heavy (non-hydrogen) atoms. The van der Waals surface area contributed by atoms with Crippen molar-refractivity contribution in [1.82, 2.24) is 4.57 Å². The number of aliphatic carboxylic acids is 1. The predicted molar refractivity (Wildman–Crippen MR) is 75.6 cm³/mol. The van der Waals surface area contributed by atoms with Gasteiger partial charge in [-0.1, -0.05) is 29.5 Å². The van der Waals surface area contributed by atoms with E-state index in [1.165, 1.54) is 10.6 Å². The number of hydrogen-bond acceptors (Lipinski definition) is 3. The molecule has 0 unspecified atom stereocenters. The van der Waals surface area contributed by atoms with Gasteiger partial charge in [-0.2, -0.15) is 0 Å². The summed E-state index contributed by atoms with van der Waals surface area (Å²) in [5.74, 6) is -1.25. The summed E-state index contributed by atoms with van der Waals surface area (Å²) in [5, 5.41) is 8.62. The van der Waals surface area contributed by atoms with Crippen LogP contribution < -0.4 is 4.87 Å². The van der Waals surface area contributed by atoms with Gasteiger partial charge >= 0.3 is 10.8 Å². The largest absolute Gasteiger partial charge is 0.481 e. The number of aromatic nitrogens is 1. The number of hydrogen-bond donors (Lipinski definition) is 1. The molecule has 0 bridgehead atoms. The molecule has 1 aromatic carbocycles. The van der Waals surface area contributed by atoms with Crippen LogP contribution in [0.5, 0.6) is 0 Å². The van der Waals surface area contributed by atoms with E-state index in [2.05, 4.69) is 0 Å². The minimum atomic E-state index is -0.889. The smallest absolute Gasteiger partial charge is 0.307 e. The van der Waals surface area contributed by atoms with Crippen LogP contribution in [0.25, 0.3) is 10.4 Å². The first kappa shape index (κ1) is 14.5. The van der Waals surface area contributed by atoms with Gasteiger partial charge in [-0.15, -0.1) is 0 Å². The minimum absolute atomic E-state index is 0.0107. The summed E-state index contributed by atoms with van der Waals surface area (Å²) in [6, 6.07) is 6.31. The molecule has 1 N–H and O–H groups in total. The van der Waals surface area contributed by atoms with Crippen LogP contribution in [0.3, 0.4) is 0 Å². The van der Waals surface area contributed by atoms with Crippen LogP contribution in [-0.4, -0.2) is 15.6 Å². The van der Waals surface area contributed by atoms with Crippen molar-refractivity contribution in [3.8, 4) is 10.4 Å². The third-order valence-electron chi connectivity index (χ3n) is 3.03. The van der Waals surface area contributed by atoms with Gasteiger partial charge < -0.3 is 9.67 Å². The molecular weight excluding hydrogens is 281 g/mol. The second kappa shape index (κ2) is 6.00. The van der Waals surface area contributed by atoms with Crippen LogP contribution in [0.1, 0.15) is 18.5 Å². The van der Waals surface area contributed by atoms with Crippen molar-refractivity contribution in [2.75, 3.05) is 0 Å². The molecule has 0 saturated carbocycles. The van der Waals surface area contributed by atoms with Gasteiger partial charge in [-0.25, -0.2) is 4.39 Å². The molecule has 106 valence electrons. The average molecular weight is 295 g/mol. The lowest BCUT2D eigenvalue weighted by Crippen LogP contribution is -2.15. The lowest BCUT2D eigenvalue weighted by molar-refractivity contribution is -0.137. The Morgan fingerprint density at radius 3 is 2.75 bits per heavy atom. The normalized spacial score (nSPS) is 10.7. The van der Waals surface area contributed by atoms with Crippen LogP contribution in [-0.2, 0) is 11.3 Å². The third kappa shape index (κ3) is 2.96. The number of carboxylic acid groups (broad SMARTS) is 1. The van der Waals surface area contributed by atoms with Crippen LogP contribution >= 0.6 is 11.3 Å². The number of rotatable bonds is 5. The Morgan fingerprint density at radius 2 is 2.10 bits per heavy atom. The van der Waals surface area contributed by atoms with Gasteiger partial charge in [-0.05, 0) is 19.4 Å². The first-order chi connectivity index (χ1) is 9.50. The standard InChI is InChI=1S/C14H14FNO3S/c1-9-13(10-5-2-3-6-11(10)15)20-14(19)16(9)8-4-7-12(17)18/h2-3,5-6H,4,7-8H2,1H3,(H,17,18). The third-order valence-corrected chi connectivity index (χ3v) is 4.15. The molecule has 0 fully saturated rings. The number of thiazole rings is 1. The van der Waals surface area contributed by atoms with Crippen molar-refractivity contribution in [2.24, 2.45) is 0 Å². The van der Waals surface area contributed by atoms with Crippen LogP contribution in [0.2, 0.25) is 0 Å². The molecular formula is C14H14FNO3S. The molecule has 0 aliphatic heterocycles. The van der Waals surface area contributed by atoms with Crippen LogP contribution in [0.4, 0.5) is 4.39 Å². The average Bonchev–Trinajstić information content (AvgIpc) is 2.67. The first-order valence-electron chi connectivity index (χ1n) is 6.17. The molecule has 1 heterocycles. The molecule has 1 aromatic heterocycles. The summed E-state index contributed by atoms with van der Waals surface area (Å²) in [7, 11) is 0. The topological polar surface area (TPSA) is 59.3 Å². The predicted octanol–water partition coefficient (Wildman–Crippen LogP) is 2.89. The second-order valence-electron chi connectivity index (χ2n) is 4.41. The van der Waals surface area contributed by atoms with Gasteiger partial charge in [0.2, 0.25) is 0 Å². The zero-order chi connectivity index (χ0) is 14.7. The summed E-state index contributed by atoms with van der Waals surface area (Å²) in [5.41, 5.74) is 1.08. The molecule has 0 radical (unpaired) electrons. The van der Waals surface area contributed by atoms with E-state index in [0.29, 0.717) is 29.1 Å². The summed E-state index contributed by atoms with van der Waals surface area (Å²) < 4.78 is 15.3. The maximum absolute atomic E-state index is 13.8. The van der Waals surface area contributed by atoms with Crippen molar-refractivity contribution >= 4 is 17.3 Å². The highest BCUT2D eigenvalue weighted by Crippen LogP contribution is 2.28. The van der Waals surface area contributed by atoms with Gasteiger partial charge in [0.1, 0.15) is 5.82 Å². The zero-order valence-electron chi connectivity index (χ0n) is 10.9. The van der Waals surface area contributed by atoms with E-state index in [4.69, 9.17) is 5.11 Å². The second-order valence-corrected chi connectivity index (χ2v) is 5.37. The van der Waals surface area contributed by atoms with E-state index in [0.717, 1.165) is 11.3 Å². The monoisotopic (exact) mass is 295 g/mol. The molecule has 4 nitrogen and oxygen atoms in total. The van der Waals surface area contributed by atoms with E-state index < -0.39 is 5.97 Å². The Hall–Kier alpha value is -1.95. The summed E-state index contributed by atoms with van der Waals surface area (Å²) in [6.07, 6.45) is 0.389. The van der Waals surface area contributed by atoms with Crippen molar-refractivity contribution in [3.63, 3.8) is 0 Å². The van der Waals surface area contributed by atoms with Crippen LogP contribution in [0, 0.1) is 12.7 Å². The molecule has 0 atom stereocenters. The van der Waals surface area contributed by atoms with Crippen molar-refractivity contribution in [1.29, 1.82) is 0 Å². The van der Waals surface area contributed by atoms with E-state index in [9.17, 15) is 14.0 Å². The first-order valence-corrected chi connectivity index (χ1v) is 6.99. The Bertz CT molecular complexity index is 690. The Morgan fingerprint density at radius 1 is 1.40 bits per heavy atom. The lowest BCUT2D eigenvalue weighted by atomic mass is 10.1. The molecule has 6 heteroatoms. The van der Waals surface area contributed by atoms with Gasteiger partial charge in [0.15, 0.2) is 0 Å². The van der Waals surface area contributed by atoms with E-state index in [1.54, 1.807) is 25.1 Å². The van der Waals surface area contributed by atoms with E-state index >= 15 is 0 Å². The summed E-state index contributed by atoms with van der Waals surface area (Å²) in [6.45, 7) is 2.09. The van der Waals surface area contributed by atoms with Crippen LogP contribution in [0.15, 0.2) is 29.1 Å². The van der Waals surface area contributed by atoms with Gasteiger partial charge in [0.05, 0.1) is 4.88 Å². The zero-order valence-corrected chi connectivity index (χ0v) is 11.7. The fourth-order valence-corrected chi connectivity index (χ4v) is 3.06. The van der Waals surface area contributed by atoms with E-state index in [-0.39, 0.29) is 17.1 Å². The summed E-state index contributed by atoms with van der Waals surface area (Å²) >= 11 is 0.987. The number of nitrogens with zero attached hydrogens (tertiary/aromatic N) is 1. The van der Waals surface area contributed by atoms with Crippen molar-refractivity contribution in [2.45, 2.75) is 26.3 Å². The van der Waals surface area contributed by atoms with Gasteiger partial charge in [0.25, 0.3) is 0 Å². The highest BCUT2D eigenvalue weighted by molar-refractivity contribution is 7.13. The fraction of sp³-hybridized carbons (Fsp3) is 0.286. The van der Waals surface area contributed by atoms with Crippen molar-refractivity contribution in [3.05, 3.63) is 45.4 Å². The van der Waals surface area contributed by atoms with Crippen molar-refractivity contribution < 1.29 is 14.3 Å². The molecule has 0 saturated heterocycles. The maximum Gasteiger partial charge on any atom is 0.307 e. The Balaban J connectivity index is 2.32. The Labute approximate surface area is 119 Å². The molecule has 2 rings (SSSR count). The van der Waals surface area contributed by atoms with Gasteiger partial charge in [-0.3, -0.25) is 9.59 Å². The molecule has 0 aliphatic carbocycles. The quantitative estimate of drug-likeness (QED) is 0.922. The minimum Gasteiger partial charge on any atom is -0.481 e. The number of carbonyl (C=O) groups is 1. The molecule has 2 aromatic rings. The maximum atomic E-state index is 13.8. The molecule has 0 aliphatic rings. The number of halogens is 1. The fourth-order valence-electron chi connectivity index (χ4n) is 2.02. The highest BCUT2D eigenvalue weighted by Gasteiger charge is 2.15. The SMILES string of the molecule is Cc1c(-c2ccccc2F)sc(=O)n1CCCC(=O)O. The van der Waals surface area contributed by atoms with E-state index in [1.807, 2.05) is 0 Å². The number of carboxylic acids is 1. The van der Waals surface area contributed by atoms with Gasteiger partial charge in [0, 0.05) is 24.2 Å². The Kier molecular flexibility index (Phi) is 4.34. The number of benzene rings is 1.